The average molecular weight is 1150 g/mol. The van der Waals surface area contributed by atoms with E-state index in [4.69, 9.17) is 14.2 Å². The van der Waals surface area contributed by atoms with E-state index in [1.165, 1.54) is 250 Å². The first kappa shape index (κ1) is 76.9. The molecule has 0 saturated carbocycles. The van der Waals surface area contributed by atoms with Crippen molar-refractivity contribution in [2.45, 2.75) is 378 Å². The van der Waals surface area contributed by atoms with Gasteiger partial charge in [0.15, 0.2) is 6.29 Å². The molecule has 1 heterocycles. The van der Waals surface area contributed by atoms with Crippen molar-refractivity contribution in [3.05, 3.63) is 36.5 Å². The number of esters is 1. The Bertz CT molecular complexity index is 1440. The summed E-state index contributed by atoms with van der Waals surface area (Å²) in [6.45, 7) is 4.33. The van der Waals surface area contributed by atoms with Crippen LogP contribution in [0.4, 0.5) is 0 Å². The van der Waals surface area contributed by atoms with Gasteiger partial charge in [0.25, 0.3) is 0 Å². The second kappa shape index (κ2) is 59.6. The van der Waals surface area contributed by atoms with Crippen molar-refractivity contribution >= 4 is 11.9 Å². The first-order valence-corrected chi connectivity index (χ1v) is 34.8. The zero-order chi connectivity index (χ0) is 58.7. The monoisotopic (exact) mass is 1150 g/mol. The molecule has 1 aliphatic heterocycles. The Hall–Kier alpha value is -2.12. The van der Waals surface area contributed by atoms with Crippen LogP contribution < -0.4 is 5.32 Å². The number of ether oxygens (including phenoxy) is 3. The maximum atomic E-state index is 13.0. The van der Waals surface area contributed by atoms with Gasteiger partial charge in [-0.3, -0.25) is 9.59 Å². The molecular formula is C70H131NO10. The molecule has 0 aliphatic carbocycles. The molecule has 0 spiro atoms. The molecule has 81 heavy (non-hydrogen) atoms. The van der Waals surface area contributed by atoms with Gasteiger partial charge in [-0.1, -0.05) is 275 Å². The fourth-order valence-electron chi connectivity index (χ4n) is 11.0. The fraction of sp³-hybridized carbons (Fsp3) is 0.886. The first-order valence-electron chi connectivity index (χ1n) is 34.8. The molecular weight excluding hydrogens is 1010 g/mol. The minimum absolute atomic E-state index is 0.00269. The first-order chi connectivity index (χ1) is 39.7. The Kier molecular flexibility index (Phi) is 56.6. The molecule has 7 unspecified atom stereocenters. The molecule has 1 rings (SSSR count). The summed E-state index contributed by atoms with van der Waals surface area (Å²) in [5.41, 5.74) is 0. The van der Waals surface area contributed by atoms with E-state index in [0.29, 0.717) is 19.4 Å². The van der Waals surface area contributed by atoms with Gasteiger partial charge in [-0.2, -0.15) is 0 Å². The molecule has 1 amide bonds. The molecule has 7 atom stereocenters. The zero-order valence-corrected chi connectivity index (χ0v) is 52.8. The Morgan fingerprint density at radius 3 is 1.19 bits per heavy atom. The number of hydrogen-bond acceptors (Lipinski definition) is 10. The smallest absolute Gasteiger partial charge is 0.305 e. The lowest BCUT2D eigenvalue weighted by Crippen LogP contribution is -2.60. The Labute approximate surface area is 498 Å². The third-order valence-corrected chi connectivity index (χ3v) is 16.5. The molecule has 1 saturated heterocycles. The minimum atomic E-state index is -1.57. The van der Waals surface area contributed by atoms with Crippen molar-refractivity contribution in [1.82, 2.24) is 5.32 Å². The van der Waals surface area contributed by atoms with Crippen LogP contribution in [0, 0.1) is 0 Å². The van der Waals surface area contributed by atoms with Crippen LogP contribution >= 0.6 is 0 Å². The van der Waals surface area contributed by atoms with Crippen molar-refractivity contribution in [3.63, 3.8) is 0 Å². The fourth-order valence-corrected chi connectivity index (χ4v) is 11.0. The summed E-state index contributed by atoms with van der Waals surface area (Å²) in [5, 5.41) is 54.3. The third-order valence-electron chi connectivity index (χ3n) is 16.5. The number of allylic oxidation sites excluding steroid dienone is 5. The lowest BCUT2D eigenvalue weighted by molar-refractivity contribution is -0.302. The number of carbonyl (C=O) groups excluding carboxylic acids is 2. The maximum absolute atomic E-state index is 13.0. The van der Waals surface area contributed by atoms with E-state index in [0.717, 1.165) is 57.8 Å². The maximum Gasteiger partial charge on any atom is 0.305 e. The van der Waals surface area contributed by atoms with E-state index in [1.54, 1.807) is 6.08 Å². The summed E-state index contributed by atoms with van der Waals surface area (Å²) < 4.78 is 16.7. The van der Waals surface area contributed by atoms with Gasteiger partial charge >= 0.3 is 5.97 Å². The molecule has 0 aromatic carbocycles. The van der Waals surface area contributed by atoms with Crippen LogP contribution in [-0.4, -0.2) is 100 Å². The van der Waals surface area contributed by atoms with E-state index in [-0.39, 0.29) is 18.5 Å². The van der Waals surface area contributed by atoms with Gasteiger partial charge in [-0.05, 0) is 83.5 Å². The van der Waals surface area contributed by atoms with Crippen LogP contribution in [0.5, 0.6) is 0 Å². The molecule has 1 fully saturated rings. The van der Waals surface area contributed by atoms with E-state index < -0.39 is 49.5 Å². The molecule has 1 aliphatic rings. The van der Waals surface area contributed by atoms with E-state index >= 15 is 0 Å². The van der Waals surface area contributed by atoms with Crippen molar-refractivity contribution in [3.8, 4) is 0 Å². The van der Waals surface area contributed by atoms with Gasteiger partial charge in [0.05, 0.1) is 32.0 Å². The van der Waals surface area contributed by atoms with Crippen LogP contribution in [-0.2, 0) is 23.8 Å². The number of aliphatic hydroxyl groups excluding tert-OH is 5. The lowest BCUT2D eigenvalue weighted by atomic mass is 9.99. The van der Waals surface area contributed by atoms with E-state index in [9.17, 15) is 35.1 Å². The van der Waals surface area contributed by atoms with E-state index in [1.807, 2.05) is 6.08 Å². The normalized spacial score (nSPS) is 18.4. The van der Waals surface area contributed by atoms with Crippen molar-refractivity contribution in [2.75, 3.05) is 19.8 Å². The van der Waals surface area contributed by atoms with Gasteiger partial charge in [-0.15, -0.1) is 0 Å². The van der Waals surface area contributed by atoms with Gasteiger partial charge < -0.3 is 45.1 Å². The summed E-state index contributed by atoms with van der Waals surface area (Å²) >= 11 is 0. The molecule has 11 nitrogen and oxygen atoms in total. The lowest BCUT2D eigenvalue weighted by Gasteiger charge is -2.40. The largest absolute Gasteiger partial charge is 0.466 e. The van der Waals surface area contributed by atoms with Gasteiger partial charge in [-0.25, -0.2) is 0 Å². The van der Waals surface area contributed by atoms with Crippen LogP contribution in [0.3, 0.4) is 0 Å². The summed E-state index contributed by atoms with van der Waals surface area (Å²) in [5.74, 6) is -0.183. The number of nitrogens with one attached hydrogen (secondary N) is 1. The molecule has 0 aromatic rings. The second-order valence-electron chi connectivity index (χ2n) is 24.2. The highest BCUT2D eigenvalue weighted by Gasteiger charge is 2.44. The predicted molar refractivity (Wildman–Crippen MR) is 338 cm³/mol. The van der Waals surface area contributed by atoms with Crippen LogP contribution in [0.25, 0.3) is 0 Å². The summed E-state index contributed by atoms with van der Waals surface area (Å²) in [4.78, 5) is 25.1. The van der Waals surface area contributed by atoms with Crippen molar-refractivity contribution < 1.29 is 49.3 Å². The topological polar surface area (TPSA) is 175 Å². The van der Waals surface area contributed by atoms with Crippen LogP contribution in [0.2, 0.25) is 0 Å². The molecule has 6 N–H and O–H groups in total. The van der Waals surface area contributed by atoms with Gasteiger partial charge in [0.2, 0.25) is 5.91 Å². The third kappa shape index (κ3) is 48.8. The highest BCUT2D eigenvalue weighted by Crippen LogP contribution is 2.23. The number of amides is 1. The average Bonchev–Trinajstić information content (AvgIpc) is 3.47. The Morgan fingerprint density at radius 2 is 0.790 bits per heavy atom. The molecule has 0 aromatic heterocycles. The highest BCUT2D eigenvalue weighted by atomic mass is 16.7. The van der Waals surface area contributed by atoms with E-state index in [2.05, 4.69) is 43.5 Å². The number of hydrogen-bond donors (Lipinski definition) is 6. The van der Waals surface area contributed by atoms with Crippen molar-refractivity contribution in [1.29, 1.82) is 0 Å². The van der Waals surface area contributed by atoms with Crippen LogP contribution in [0.15, 0.2) is 36.5 Å². The summed E-state index contributed by atoms with van der Waals surface area (Å²) in [6, 6.07) is -0.811. The number of aliphatic hydroxyl groups is 5. The Balaban J connectivity index is 1.93. The quantitative estimate of drug-likeness (QED) is 0.0195. The zero-order valence-electron chi connectivity index (χ0n) is 52.8. The standard InChI is InChI=1S/C70H131NO10/c1-3-5-7-9-11-13-14-15-16-17-25-29-32-35-38-42-46-50-54-58-66(75)79-59-55-51-47-43-39-36-33-30-27-24-22-20-18-19-21-23-26-28-31-34-37-41-45-49-53-57-65(74)71-62(63(73)56-52-48-44-40-12-10-8-6-4-2)61-80-70-69(78)68(77)67(76)64(60-72)81-70/h15-16,19,21,52,56,62-64,67-70,72-73,76-78H,3-14,17-18,20,22-51,53-55,57-61H2,1-2H3,(H,71,74)/b16-15-,21-19-,56-52+. The molecule has 0 bridgehead atoms. The number of unbranched alkanes of at least 4 members (excludes halogenated alkanes) is 43. The van der Waals surface area contributed by atoms with Gasteiger partial charge in [0.1, 0.15) is 24.4 Å². The Morgan fingerprint density at radius 1 is 0.444 bits per heavy atom. The highest BCUT2D eigenvalue weighted by molar-refractivity contribution is 5.76. The SMILES string of the molecule is CCCCCCCC/C=C\CCCCCCCCCCCC(=O)OCCCCCCCCCCCCCC/C=C\CCCCCCCCCCCC(=O)NC(COC1OC(CO)C(O)C(O)C1O)C(O)/C=C/CCCCCCCCC. The molecule has 0 radical (unpaired) electrons. The summed E-state index contributed by atoms with van der Waals surface area (Å²) in [6.07, 6.45) is 65.7. The van der Waals surface area contributed by atoms with Crippen LogP contribution in [0.1, 0.15) is 335 Å². The number of rotatable bonds is 61. The number of carbonyl (C=O) groups is 2. The minimum Gasteiger partial charge on any atom is -0.466 e. The van der Waals surface area contributed by atoms with Crippen molar-refractivity contribution in [2.24, 2.45) is 0 Å². The molecule has 11 heteroatoms. The second-order valence-corrected chi connectivity index (χ2v) is 24.2. The van der Waals surface area contributed by atoms with Gasteiger partial charge in [0, 0.05) is 12.8 Å². The summed E-state index contributed by atoms with van der Waals surface area (Å²) in [7, 11) is 0. The molecule has 476 valence electrons. The predicted octanol–water partition coefficient (Wildman–Crippen LogP) is 17.4.